The SMILES string of the molecule is NS(=O)(=O)c1ccc(CNC(=O)C2Cc3cc(Cl)ccc3O2)s1. The Morgan fingerprint density at radius 3 is 2.87 bits per heavy atom. The molecule has 3 rings (SSSR count). The van der Waals surface area contributed by atoms with Crippen LogP contribution in [-0.2, 0) is 27.8 Å². The molecule has 2 heterocycles. The molecule has 0 saturated carbocycles. The number of nitrogens with one attached hydrogen (secondary N) is 1. The summed E-state index contributed by atoms with van der Waals surface area (Å²) in [7, 11) is -3.71. The number of hydrogen-bond acceptors (Lipinski definition) is 5. The summed E-state index contributed by atoms with van der Waals surface area (Å²) >= 11 is 6.94. The van der Waals surface area contributed by atoms with Crippen LogP contribution in [0.15, 0.2) is 34.5 Å². The van der Waals surface area contributed by atoms with Crippen LogP contribution in [-0.4, -0.2) is 20.4 Å². The van der Waals surface area contributed by atoms with Crippen LogP contribution >= 0.6 is 22.9 Å². The maximum absolute atomic E-state index is 12.2. The lowest BCUT2D eigenvalue weighted by atomic mass is 10.1. The van der Waals surface area contributed by atoms with Gasteiger partial charge in [0.15, 0.2) is 6.10 Å². The van der Waals surface area contributed by atoms with Crippen LogP contribution in [0.3, 0.4) is 0 Å². The number of primary sulfonamides is 1. The third-order valence-corrected chi connectivity index (χ3v) is 6.10. The number of nitrogens with two attached hydrogens (primary N) is 1. The molecule has 0 saturated heterocycles. The molecule has 1 aliphatic heterocycles. The van der Waals surface area contributed by atoms with Crippen LogP contribution in [0, 0.1) is 0 Å². The van der Waals surface area contributed by atoms with Crippen molar-refractivity contribution in [2.24, 2.45) is 5.14 Å². The Hall–Kier alpha value is -1.61. The lowest BCUT2D eigenvalue weighted by Gasteiger charge is -2.10. The van der Waals surface area contributed by atoms with Crippen LogP contribution < -0.4 is 15.2 Å². The second-order valence-electron chi connectivity index (χ2n) is 5.05. The van der Waals surface area contributed by atoms with E-state index in [0.29, 0.717) is 22.1 Å². The van der Waals surface area contributed by atoms with Gasteiger partial charge in [0, 0.05) is 16.3 Å². The van der Waals surface area contributed by atoms with Gasteiger partial charge in [-0.15, -0.1) is 11.3 Å². The molecule has 122 valence electrons. The lowest BCUT2D eigenvalue weighted by molar-refractivity contribution is -0.127. The Balaban J connectivity index is 1.60. The monoisotopic (exact) mass is 372 g/mol. The highest BCUT2D eigenvalue weighted by Gasteiger charge is 2.29. The Bertz CT molecular complexity index is 863. The van der Waals surface area contributed by atoms with Gasteiger partial charge in [-0.3, -0.25) is 4.79 Å². The summed E-state index contributed by atoms with van der Waals surface area (Å²) in [5.74, 6) is 0.394. The summed E-state index contributed by atoms with van der Waals surface area (Å²) < 4.78 is 28.1. The predicted octanol–water partition coefficient (Wildman–Crippen LogP) is 1.67. The predicted molar refractivity (Wildman–Crippen MR) is 87.1 cm³/mol. The smallest absolute Gasteiger partial charge is 0.261 e. The largest absolute Gasteiger partial charge is 0.480 e. The van der Waals surface area contributed by atoms with Gasteiger partial charge in [-0.2, -0.15) is 0 Å². The first-order valence-electron chi connectivity index (χ1n) is 6.67. The van der Waals surface area contributed by atoms with E-state index in [1.807, 2.05) is 0 Å². The summed E-state index contributed by atoms with van der Waals surface area (Å²) in [6, 6.07) is 8.27. The fraction of sp³-hybridized carbons (Fsp3) is 0.214. The summed E-state index contributed by atoms with van der Waals surface area (Å²) in [5.41, 5.74) is 0.894. The number of rotatable bonds is 4. The van der Waals surface area contributed by atoms with Crippen molar-refractivity contribution < 1.29 is 17.9 Å². The van der Waals surface area contributed by atoms with E-state index in [1.165, 1.54) is 6.07 Å². The molecule has 1 amide bonds. The van der Waals surface area contributed by atoms with Gasteiger partial charge in [-0.05, 0) is 35.9 Å². The molecular weight excluding hydrogens is 360 g/mol. The highest BCUT2D eigenvalue weighted by Crippen LogP contribution is 2.31. The van der Waals surface area contributed by atoms with Crippen LogP contribution in [0.5, 0.6) is 5.75 Å². The van der Waals surface area contributed by atoms with Gasteiger partial charge < -0.3 is 10.1 Å². The minimum Gasteiger partial charge on any atom is -0.480 e. The van der Waals surface area contributed by atoms with E-state index >= 15 is 0 Å². The third-order valence-electron chi connectivity index (χ3n) is 3.34. The number of fused-ring (bicyclic) bond motifs is 1. The Morgan fingerprint density at radius 2 is 2.17 bits per heavy atom. The van der Waals surface area contributed by atoms with E-state index in [9.17, 15) is 13.2 Å². The maximum Gasteiger partial charge on any atom is 0.261 e. The average molecular weight is 373 g/mol. The van der Waals surface area contributed by atoms with Gasteiger partial charge in [0.2, 0.25) is 10.0 Å². The van der Waals surface area contributed by atoms with Gasteiger partial charge in [-0.25, -0.2) is 13.6 Å². The topological polar surface area (TPSA) is 98.5 Å². The molecular formula is C14H13ClN2O4S2. The molecule has 0 aliphatic carbocycles. The molecule has 1 aromatic carbocycles. The fourth-order valence-electron chi connectivity index (χ4n) is 2.26. The first-order valence-corrected chi connectivity index (χ1v) is 9.41. The molecule has 0 radical (unpaired) electrons. The molecule has 9 heteroatoms. The zero-order chi connectivity index (χ0) is 16.6. The molecule has 3 N–H and O–H groups in total. The van der Waals surface area contributed by atoms with Gasteiger partial charge in [0.05, 0.1) is 6.54 Å². The number of halogens is 1. The number of benzene rings is 1. The number of sulfonamides is 1. The Kier molecular flexibility index (Phi) is 4.33. The molecule has 0 bridgehead atoms. The van der Waals surface area contributed by atoms with Crippen molar-refractivity contribution in [3.8, 4) is 5.75 Å². The van der Waals surface area contributed by atoms with E-state index < -0.39 is 16.1 Å². The Labute approximate surface area is 142 Å². The summed E-state index contributed by atoms with van der Waals surface area (Å²) in [5, 5.41) is 8.38. The number of thiophene rings is 1. The highest BCUT2D eigenvalue weighted by atomic mass is 35.5. The molecule has 1 unspecified atom stereocenters. The van der Waals surface area contributed by atoms with Crippen LogP contribution in [0.4, 0.5) is 0 Å². The first-order chi connectivity index (χ1) is 10.8. The second-order valence-corrected chi connectivity index (χ2v) is 8.44. The molecule has 1 aromatic heterocycles. The van der Waals surface area contributed by atoms with Gasteiger partial charge in [0.25, 0.3) is 5.91 Å². The van der Waals surface area contributed by atoms with E-state index in [0.717, 1.165) is 16.9 Å². The zero-order valence-electron chi connectivity index (χ0n) is 11.8. The van der Waals surface area contributed by atoms with Crippen molar-refractivity contribution in [3.63, 3.8) is 0 Å². The van der Waals surface area contributed by atoms with Crippen LogP contribution in [0.25, 0.3) is 0 Å². The molecule has 1 aliphatic rings. The van der Waals surface area contributed by atoms with Crippen LogP contribution in [0.1, 0.15) is 10.4 Å². The van der Waals surface area contributed by atoms with Gasteiger partial charge in [0.1, 0.15) is 9.96 Å². The van der Waals surface area contributed by atoms with Crippen molar-refractivity contribution in [3.05, 3.63) is 45.8 Å². The van der Waals surface area contributed by atoms with E-state index in [-0.39, 0.29) is 16.7 Å². The number of ether oxygens (including phenoxy) is 1. The minimum absolute atomic E-state index is 0.0703. The quantitative estimate of drug-likeness (QED) is 0.852. The normalized spacial score (nSPS) is 16.7. The fourth-order valence-corrected chi connectivity index (χ4v) is 4.17. The average Bonchev–Trinajstić information content (AvgIpc) is 3.10. The number of carbonyl (C=O) groups excluding carboxylic acids is 1. The standard InChI is InChI=1S/C14H13ClN2O4S2/c15-9-1-3-11-8(5-9)6-12(21-11)14(18)17-7-10-2-4-13(22-10)23(16,19)20/h1-5,12H,6-7H2,(H,17,18)(H2,16,19,20). The molecule has 2 aromatic rings. The van der Waals surface area contributed by atoms with Crippen molar-refractivity contribution >= 4 is 38.9 Å². The molecule has 1 atom stereocenters. The molecule has 0 spiro atoms. The van der Waals surface area contributed by atoms with Gasteiger partial charge in [-0.1, -0.05) is 11.6 Å². The van der Waals surface area contributed by atoms with Crippen molar-refractivity contribution in [2.75, 3.05) is 0 Å². The van der Waals surface area contributed by atoms with Crippen molar-refractivity contribution in [1.29, 1.82) is 0 Å². The lowest BCUT2D eigenvalue weighted by Crippen LogP contribution is -2.36. The van der Waals surface area contributed by atoms with E-state index in [2.05, 4.69) is 5.32 Å². The minimum atomic E-state index is -3.71. The second kappa shape index (κ2) is 6.12. The van der Waals surface area contributed by atoms with E-state index in [1.54, 1.807) is 24.3 Å². The molecule has 23 heavy (non-hydrogen) atoms. The van der Waals surface area contributed by atoms with E-state index in [4.69, 9.17) is 21.5 Å². The number of amides is 1. The Morgan fingerprint density at radius 1 is 1.39 bits per heavy atom. The number of hydrogen-bond donors (Lipinski definition) is 2. The maximum atomic E-state index is 12.2. The van der Waals surface area contributed by atoms with Crippen LogP contribution in [0.2, 0.25) is 5.02 Å². The van der Waals surface area contributed by atoms with Gasteiger partial charge >= 0.3 is 0 Å². The summed E-state index contributed by atoms with van der Waals surface area (Å²) in [6.07, 6.45) is -0.157. The third kappa shape index (κ3) is 3.66. The summed E-state index contributed by atoms with van der Waals surface area (Å²) in [4.78, 5) is 12.9. The summed E-state index contributed by atoms with van der Waals surface area (Å²) in [6.45, 7) is 0.218. The number of carbonyl (C=O) groups is 1. The molecule has 0 fully saturated rings. The zero-order valence-corrected chi connectivity index (χ0v) is 14.2. The van der Waals surface area contributed by atoms with Crippen molar-refractivity contribution in [2.45, 2.75) is 23.3 Å². The van der Waals surface area contributed by atoms with Crippen molar-refractivity contribution in [1.82, 2.24) is 5.32 Å². The molecule has 6 nitrogen and oxygen atoms in total. The highest BCUT2D eigenvalue weighted by molar-refractivity contribution is 7.91. The first kappa shape index (κ1) is 16.3.